The van der Waals surface area contributed by atoms with Crippen molar-refractivity contribution >= 4 is 5.82 Å². The fraction of sp³-hybridized carbons (Fsp3) is 0.538. The third-order valence-electron chi connectivity index (χ3n) is 3.37. The van der Waals surface area contributed by atoms with Crippen LogP contribution in [0.4, 0.5) is 10.2 Å². The Morgan fingerprint density at radius 1 is 1.65 bits per heavy atom. The van der Waals surface area contributed by atoms with E-state index in [1.165, 1.54) is 6.20 Å². The molecule has 0 bridgehead atoms. The van der Waals surface area contributed by atoms with E-state index in [0.717, 1.165) is 4.57 Å². The zero-order chi connectivity index (χ0) is 14.9. The molecule has 4 unspecified atom stereocenters. The molecule has 20 heavy (non-hydrogen) atoms. The number of aliphatic hydroxyl groups is 1. The van der Waals surface area contributed by atoms with Crippen LogP contribution in [0.5, 0.6) is 0 Å². The van der Waals surface area contributed by atoms with Crippen LogP contribution in [-0.4, -0.2) is 33.5 Å². The van der Waals surface area contributed by atoms with Crippen LogP contribution >= 0.6 is 0 Å². The summed E-state index contributed by atoms with van der Waals surface area (Å²) in [5, 5.41) is 9.13. The smallest absolute Gasteiger partial charge is 0.351 e. The fourth-order valence-electron chi connectivity index (χ4n) is 2.17. The lowest BCUT2D eigenvalue weighted by molar-refractivity contribution is -0.0418. The molecule has 0 amide bonds. The van der Waals surface area contributed by atoms with Gasteiger partial charge in [0.05, 0.1) is 18.3 Å². The highest BCUT2D eigenvalue weighted by molar-refractivity contribution is 5.48. The number of nitrogens with two attached hydrogens (primary N) is 1. The van der Waals surface area contributed by atoms with Gasteiger partial charge in [-0.25, -0.2) is 9.18 Å². The summed E-state index contributed by atoms with van der Waals surface area (Å²) in [7, 11) is 0. The highest BCUT2D eigenvalue weighted by Gasteiger charge is 2.43. The third-order valence-corrected chi connectivity index (χ3v) is 3.37. The molecule has 4 atom stereocenters. The lowest BCUT2D eigenvalue weighted by atomic mass is 10.0. The Kier molecular flexibility index (Phi) is 4.06. The molecule has 1 aliphatic heterocycles. The van der Waals surface area contributed by atoms with Gasteiger partial charge in [0.15, 0.2) is 12.4 Å². The quantitative estimate of drug-likeness (QED) is 0.748. The second kappa shape index (κ2) is 5.61. The molecular formula is C13H16FN3O3. The maximum absolute atomic E-state index is 14.2. The molecule has 2 rings (SSSR count). The minimum atomic E-state index is -1.42. The van der Waals surface area contributed by atoms with Gasteiger partial charge in [-0.2, -0.15) is 4.98 Å². The van der Waals surface area contributed by atoms with Crippen molar-refractivity contribution in [2.45, 2.75) is 32.4 Å². The van der Waals surface area contributed by atoms with E-state index in [9.17, 15) is 9.18 Å². The highest BCUT2D eigenvalue weighted by atomic mass is 19.1. The molecule has 108 valence electrons. The number of aromatic nitrogens is 2. The van der Waals surface area contributed by atoms with Crippen molar-refractivity contribution in [2.75, 3.05) is 12.3 Å². The molecule has 0 radical (unpaired) electrons. The first-order valence-corrected chi connectivity index (χ1v) is 6.21. The van der Waals surface area contributed by atoms with Gasteiger partial charge in [0.2, 0.25) is 0 Å². The normalized spacial score (nSPS) is 29.0. The van der Waals surface area contributed by atoms with Crippen molar-refractivity contribution in [3.63, 3.8) is 0 Å². The summed E-state index contributed by atoms with van der Waals surface area (Å²) in [5.74, 6) is 4.82. The third kappa shape index (κ3) is 2.40. The van der Waals surface area contributed by atoms with Crippen molar-refractivity contribution in [1.82, 2.24) is 9.55 Å². The molecular weight excluding hydrogens is 265 g/mol. The zero-order valence-electron chi connectivity index (χ0n) is 11.2. The topological polar surface area (TPSA) is 90.4 Å². The van der Waals surface area contributed by atoms with E-state index in [-0.39, 0.29) is 12.4 Å². The van der Waals surface area contributed by atoms with Gasteiger partial charge in [0.25, 0.3) is 0 Å². The average molecular weight is 281 g/mol. The second-order valence-corrected chi connectivity index (χ2v) is 4.66. The molecule has 1 aromatic heterocycles. The van der Waals surface area contributed by atoms with Crippen molar-refractivity contribution < 1.29 is 14.2 Å². The van der Waals surface area contributed by atoms with E-state index < -0.39 is 30.1 Å². The first kappa shape index (κ1) is 14.5. The van der Waals surface area contributed by atoms with Gasteiger partial charge in [0.1, 0.15) is 5.82 Å². The minimum Gasteiger partial charge on any atom is -0.394 e. The largest absolute Gasteiger partial charge is 0.394 e. The minimum absolute atomic E-state index is 0.000705. The number of halogens is 1. The van der Waals surface area contributed by atoms with E-state index in [0.29, 0.717) is 5.56 Å². The standard InChI is InChI=1S/C13H16FN3O3/c1-3-4-8-5-17(13(19)16-11(8)15)12-10(14)7(2)9(6-18)20-12/h5,7,9-10,12,18H,6H2,1-2H3,(H2,15,16,19). The van der Waals surface area contributed by atoms with E-state index in [4.69, 9.17) is 15.6 Å². The van der Waals surface area contributed by atoms with Crippen molar-refractivity contribution in [3.8, 4) is 11.8 Å². The lowest BCUT2D eigenvalue weighted by Gasteiger charge is -2.16. The number of ether oxygens (including phenoxy) is 1. The molecule has 3 N–H and O–H groups in total. The molecule has 1 aromatic rings. The van der Waals surface area contributed by atoms with Gasteiger partial charge in [-0.3, -0.25) is 4.57 Å². The van der Waals surface area contributed by atoms with Gasteiger partial charge in [-0.15, -0.1) is 5.92 Å². The number of aliphatic hydroxyl groups excluding tert-OH is 1. The van der Waals surface area contributed by atoms with Gasteiger partial charge >= 0.3 is 5.69 Å². The van der Waals surface area contributed by atoms with Crippen LogP contribution in [0, 0.1) is 17.8 Å². The monoisotopic (exact) mass is 281 g/mol. The summed E-state index contributed by atoms with van der Waals surface area (Å²) in [6.45, 7) is 2.92. The molecule has 6 nitrogen and oxygen atoms in total. The molecule has 1 saturated heterocycles. The Hall–Kier alpha value is -1.91. The van der Waals surface area contributed by atoms with Crippen LogP contribution in [-0.2, 0) is 4.74 Å². The highest BCUT2D eigenvalue weighted by Crippen LogP contribution is 2.35. The molecule has 1 fully saturated rings. The van der Waals surface area contributed by atoms with Crippen molar-refractivity contribution in [2.24, 2.45) is 5.92 Å². The van der Waals surface area contributed by atoms with Crippen molar-refractivity contribution in [3.05, 3.63) is 22.2 Å². The summed E-state index contributed by atoms with van der Waals surface area (Å²) >= 11 is 0. The van der Waals surface area contributed by atoms with Crippen LogP contribution in [0.25, 0.3) is 0 Å². The van der Waals surface area contributed by atoms with Gasteiger partial charge in [-0.05, 0) is 6.92 Å². The van der Waals surface area contributed by atoms with Crippen LogP contribution in [0.1, 0.15) is 25.6 Å². The SMILES string of the molecule is CC#Cc1cn(C2OC(CO)C(C)C2F)c(=O)nc1N. The Labute approximate surface area is 115 Å². The number of rotatable bonds is 2. The second-order valence-electron chi connectivity index (χ2n) is 4.66. The molecule has 0 saturated carbocycles. The maximum Gasteiger partial charge on any atom is 0.351 e. The Balaban J connectivity index is 2.45. The number of anilines is 1. The van der Waals surface area contributed by atoms with E-state index in [1.54, 1.807) is 13.8 Å². The molecule has 1 aliphatic rings. The number of alkyl halides is 1. The number of nitrogens with zero attached hydrogens (tertiary/aromatic N) is 2. The lowest BCUT2D eigenvalue weighted by Crippen LogP contribution is -2.32. The molecule has 0 aliphatic carbocycles. The van der Waals surface area contributed by atoms with Gasteiger partial charge < -0.3 is 15.6 Å². The molecule has 7 heteroatoms. The fourth-order valence-corrected chi connectivity index (χ4v) is 2.17. The van der Waals surface area contributed by atoms with Gasteiger partial charge in [0, 0.05) is 12.1 Å². The van der Waals surface area contributed by atoms with Gasteiger partial charge in [-0.1, -0.05) is 12.8 Å². The zero-order valence-corrected chi connectivity index (χ0v) is 11.2. The predicted octanol–water partition coefficient (Wildman–Crippen LogP) is 0.0608. The summed E-state index contributed by atoms with van der Waals surface area (Å²) < 4.78 is 20.6. The van der Waals surface area contributed by atoms with Crippen LogP contribution < -0.4 is 11.4 Å². The predicted molar refractivity (Wildman–Crippen MR) is 70.5 cm³/mol. The molecule has 0 spiro atoms. The van der Waals surface area contributed by atoms with Crippen LogP contribution in [0.3, 0.4) is 0 Å². The van der Waals surface area contributed by atoms with Crippen molar-refractivity contribution in [1.29, 1.82) is 0 Å². The summed E-state index contributed by atoms with van der Waals surface area (Å²) in [4.78, 5) is 15.5. The summed E-state index contributed by atoms with van der Waals surface area (Å²) in [6, 6.07) is 0. The first-order valence-electron chi connectivity index (χ1n) is 6.21. The summed E-state index contributed by atoms with van der Waals surface area (Å²) in [6.07, 6.45) is -1.86. The Morgan fingerprint density at radius 3 is 2.90 bits per heavy atom. The number of nitrogen functional groups attached to an aromatic ring is 1. The first-order chi connectivity index (χ1) is 9.49. The number of hydrogen-bond acceptors (Lipinski definition) is 5. The average Bonchev–Trinajstić information content (AvgIpc) is 2.70. The van der Waals surface area contributed by atoms with E-state index >= 15 is 0 Å². The molecule has 2 heterocycles. The molecule has 0 aromatic carbocycles. The number of hydrogen-bond donors (Lipinski definition) is 2. The van der Waals surface area contributed by atoms with E-state index in [1.807, 2.05) is 0 Å². The van der Waals surface area contributed by atoms with E-state index in [2.05, 4.69) is 16.8 Å². The summed E-state index contributed by atoms with van der Waals surface area (Å²) in [5.41, 5.74) is 5.22. The van der Waals surface area contributed by atoms with Crippen LogP contribution in [0.2, 0.25) is 0 Å². The Morgan fingerprint density at radius 2 is 2.35 bits per heavy atom. The Bertz CT molecular complexity index is 620. The van der Waals surface area contributed by atoms with Crippen LogP contribution in [0.15, 0.2) is 11.0 Å². The maximum atomic E-state index is 14.2.